The van der Waals surface area contributed by atoms with Gasteiger partial charge in [-0.3, -0.25) is 4.79 Å². The predicted molar refractivity (Wildman–Crippen MR) is 117 cm³/mol. The fourth-order valence-corrected chi connectivity index (χ4v) is 3.05. The summed E-state index contributed by atoms with van der Waals surface area (Å²) in [5, 5.41) is 15.8. The molecule has 0 spiro atoms. The second-order valence-electron chi connectivity index (χ2n) is 7.53. The summed E-state index contributed by atoms with van der Waals surface area (Å²) in [6, 6.07) is 11.6. The van der Waals surface area contributed by atoms with Gasteiger partial charge in [0.2, 0.25) is 0 Å². The van der Waals surface area contributed by atoms with E-state index in [9.17, 15) is 18.7 Å². The lowest BCUT2D eigenvalue weighted by molar-refractivity contribution is -0.0504. The van der Waals surface area contributed by atoms with Gasteiger partial charge in [-0.2, -0.15) is 8.78 Å². The molecule has 0 atom stereocenters. The first-order valence-corrected chi connectivity index (χ1v) is 9.87. The van der Waals surface area contributed by atoms with E-state index in [4.69, 9.17) is 0 Å². The molecular weight excluding hydrogens is 418 g/mol. The molecule has 32 heavy (non-hydrogen) atoms. The largest absolute Gasteiger partial charge is 0.434 e. The van der Waals surface area contributed by atoms with Crippen molar-refractivity contribution in [1.82, 2.24) is 15.3 Å². The minimum absolute atomic E-state index is 0.0586. The number of halogens is 2. The van der Waals surface area contributed by atoms with Crippen LogP contribution in [-0.4, -0.2) is 34.6 Å². The quantitative estimate of drug-likeness (QED) is 0.489. The van der Waals surface area contributed by atoms with Crippen molar-refractivity contribution in [1.29, 1.82) is 0 Å². The van der Waals surface area contributed by atoms with E-state index in [0.29, 0.717) is 22.4 Å². The Morgan fingerprint density at radius 1 is 1.12 bits per heavy atom. The molecule has 9 heteroatoms. The van der Waals surface area contributed by atoms with Crippen LogP contribution in [0.4, 0.5) is 14.5 Å². The van der Waals surface area contributed by atoms with Crippen molar-refractivity contribution in [2.75, 3.05) is 12.4 Å². The molecule has 1 heterocycles. The Labute approximate surface area is 184 Å². The molecule has 0 bridgehead atoms. The summed E-state index contributed by atoms with van der Waals surface area (Å²) in [5.41, 5.74) is 1.66. The number of hydrogen-bond donors (Lipinski definition) is 3. The predicted octanol–water partition coefficient (Wildman–Crippen LogP) is 3.94. The molecule has 0 aliphatic heterocycles. The highest BCUT2D eigenvalue weighted by Crippen LogP contribution is 2.28. The number of benzene rings is 2. The number of alkyl halides is 2. The molecule has 0 aliphatic rings. The van der Waals surface area contributed by atoms with Crippen molar-refractivity contribution in [3.8, 4) is 16.9 Å². The van der Waals surface area contributed by atoms with E-state index in [1.807, 2.05) is 0 Å². The van der Waals surface area contributed by atoms with Crippen molar-refractivity contribution < 1.29 is 23.4 Å². The third kappa shape index (κ3) is 5.55. The van der Waals surface area contributed by atoms with Crippen LogP contribution >= 0.6 is 0 Å². The van der Waals surface area contributed by atoms with Gasteiger partial charge in [-0.15, -0.1) is 0 Å². The Morgan fingerprint density at radius 2 is 1.81 bits per heavy atom. The van der Waals surface area contributed by atoms with E-state index < -0.39 is 12.2 Å². The summed E-state index contributed by atoms with van der Waals surface area (Å²) in [4.78, 5) is 20.8. The molecule has 168 valence electrons. The molecule has 0 saturated heterocycles. The Balaban J connectivity index is 1.91. The monoisotopic (exact) mass is 442 g/mol. The van der Waals surface area contributed by atoms with E-state index in [1.54, 1.807) is 62.6 Å². The van der Waals surface area contributed by atoms with E-state index in [0.717, 1.165) is 5.56 Å². The fraction of sp³-hybridized carbons (Fsp3) is 0.261. The zero-order valence-electron chi connectivity index (χ0n) is 17.9. The van der Waals surface area contributed by atoms with Crippen molar-refractivity contribution in [3.05, 3.63) is 71.8 Å². The number of carbonyl (C=O) groups excluding carboxylic acids is 1. The van der Waals surface area contributed by atoms with Crippen LogP contribution in [0.3, 0.4) is 0 Å². The number of carbonyl (C=O) groups is 1. The lowest BCUT2D eigenvalue weighted by Gasteiger charge is -2.16. The van der Waals surface area contributed by atoms with Gasteiger partial charge in [-0.05, 0) is 37.6 Å². The number of amides is 1. The Hall–Kier alpha value is -3.59. The van der Waals surface area contributed by atoms with Crippen LogP contribution < -0.4 is 15.4 Å². The molecule has 1 amide bonds. The van der Waals surface area contributed by atoms with Crippen LogP contribution in [0.1, 0.15) is 35.6 Å². The van der Waals surface area contributed by atoms with E-state index >= 15 is 0 Å². The number of hydrogen-bond acceptors (Lipinski definition) is 6. The maximum Gasteiger partial charge on any atom is 0.387 e. The first kappa shape index (κ1) is 23.1. The minimum atomic E-state index is -2.94. The molecule has 3 rings (SSSR count). The first-order chi connectivity index (χ1) is 15.2. The zero-order valence-corrected chi connectivity index (χ0v) is 17.9. The maximum absolute atomic E-state index is 12.7. The van der Waals surface area contributed by atoms with Gasteiger partial charge in [-0.25, -0.2) is 9.97 Å². The molecule has 0 radical (unpaired) electrons. The summed E-state index contributed by atoms with van der Waals surface area (Å²) in [5.74, 6) is 0.0465. The maximum atomic E-state index is 12.7. The summed E-state index contributed by atoms with van der Waals surface area (Å²) in [6.07, 6.45) is 3.18. The Morgan fingerprint density at radius 3 is 2.44 bits per heavy atom. The SMILES string of the molecule is CNC(=O)c1ccc(-c2cnc(C(C)(C)O)nc2)cc1NCc1ccccc1OC(F)F. The fourth-order valence-electron chi connectivity index (χ4n) is 3.05. The number of aliphatic hydroxyl groups is 1. The summed E-state index contributed by atoms with van der Waals surface area (Å²) >= 11 is 0. The number of anilines is 1. The van der Waals surface area contributed by atoms with Crippen LogP contribution in [0, 0.1) is 0 Å². The van der Waals surface area contributed by atoms with Crippen molar-refractivity contribution >= 4 is 11.6 Å². The van der Waals surface area contributed by atoms with Gasteiger partial charge >= 0.3 is 6.61 Å². The summed E-state index contributed by atoms with van der Waals surface area (Å²) < 4.78 is 30.0. The van der Waals surface area contributed by atoms with E-state index in [2.05, 4.69) is 25.3 Å². The smallest absolute Gasteiger partial charge is 0.387 e. The normalized spacial score (nSPS) is 11.3. The molecular formula is C23H24F2N4O3. The van der Waals surface area contributed by atoms with E-state index in [1.165, 1.54) is 13.1 Å². The van der Waals surface area contributed by atoms with Crippen molar-refractivity contribution in [3.63, 3.8) is 0 Å². The Kier molecular flexibility index (Phi) is 6.99. The van der Waals surface area contributed by atoms with Crippen molar-refractivity contribution in [2.24, 2.45) is 0 Å². The third-order valence-corrected chi connectivity index (χ3v) is 4.68. The van der Waals surface area contributed by atoms with Crippen LogP contribution in [0.2, 0.25) is 0 Å². The second kappa shape index (κ2) is 9.69. The van der Waals surface area contributed by atoms with Crippen LogP contribution in [0.5, 0.6) is 5.75 Å². The Bertz CT molecular complexity index is 1080. The number of rotatable bonds is 8. The molecule has 0 aliphatic carbocycles. The third-order valence-electron chi connectivity index (χ3n) is 4.68. The van der Waals surface area contributed by atoms with Gasteiger partial charge < -0.3 is 20.5 Å². The van der Waals surface area contributed by atoms with Crippen LogP contribution in [0.25, 0.3) is 11.1 Å². The molecule has 0 unspecified atom stereocenters. The molecule has 0 fully saturated rings. The lowest BCUT2D eigenvalue weighted by atomic mass is 10.0. The van der Waals surface area contributed by atoms with Crippen molar-refractivity contribution in [2.45, 2.75) is 32.6 Å². The minimum Gasteiger partial charge on any atom is -0.434 e. The second-order valence-corrected chi connectivity index (χ2v) is 7.53. The number of para-hydroxylation sites is 1. The number of aromatic nitrogens is 2. The van der Waals surface area contributed by atoms with Crippen LogP contribution in [0.15, 0.2) is 54.9 Å². The van der Waals surface area contributed by atoms with Crippen LogP contribution in [-0.2, 0) is 12.1 Å². The van der Waals surface area contributed by atoms with Gasteiger partial charge in [0.15, 0.2) is 5.82 Å². The number of nitrogens with one attached hydrogen (secondary N) is 2. The molecule has 1 aromatic heterocycles. The van der Waals surface area contributed by atoms with Gasteiger partial charge in [0.1, 0.15) is 11.4 Å². The highest BCUT2D eigenvalue weighted by Gasteiger charge is 2.19. The standard InChI is InChI=1S/C23H24F2N4O3/c1-23(2,31)21-28-12-16(13-29-21)14-8-9-17(20(30)26-3)18(10-14)27-11-15-6-4-5-7-19(15)32-22(24)25/h4-10,12-13,22,27,31H,11H2,1-3H3,(H,26,30). The summed E-state index contributed by atoms with van der Waals surface area (Å²) in [7, 11) is 1.52. The molecule has 2 aromatic carbocycles. The number of nitrogens with zero attached hydrogens (tertiary/aromatic N) is 2. The number of ether oxygens (including phenoxy) is 1. The average Bonchev–Trinajstić information content (AvgIpc) is 2.77. The summed E-state index contributed by atoms with van der Waals surface area (Å²) in [6.45, 7) is 0.410. The highest BCUT2D eigenvalue weighted by molar-refractivity contribution is 6.00. The first-order valence-electron chi connectivity index (χ1n) is 9.87. The molecule has 3 N–H and O–H groups in total. The zero-order chi connectivity index (χ0) is 23.3. The van der Waals surface area contributed by atoms with Gasteiger partial charge in [-0.1, -0.05) is 24.3 Å². The van der Waals surface area contributed by atoms with Gasteiger partial charge in [0.05, 0.1) is 5.56 Å². The van der Waals surface area contributed by atoms with Gasteiger partial charge in [0, 0.05) is 42.8 Å². The lowest BCUT2D eigenvalue weighted by Crippen LogP contribution is -2.20. The van der Waals surface area contributed by atoms with E-state index in [-0.39, 0.29) is 24.0 Å². The topological polar surface area (TPSA) is 96.4 Å². The van der Waals surface area contributed by atoms with Gasteiger partial charge in [0.25, 0.3) is 5.91 Å². The highest BCUT2D eigenvalue weighted by atomic mass is 19.3. The molecule has 0 saturated carbocycles. The molecule has 3 aromatic rings. The average molecular weight is 442 g/mol. The molecule has 7 nitrogen and oxygen atoms in total.